The molecule has 1 aromatic heterocycles. The molecule has 4 heteroatoms. The highest BCUT2D eigenvalue weighted by Gasteiger charge is 2.11. The second kappa shape index (κ2) is 4.37. The van der Waals surface area contributed by atoms with E-state index in [-0.39, 0.29) is 0 Å². The van der Waals surface area contributed by atoms with Crippen molar-refractivity contribution in [1.29, 1.82) is 0 Å². The van der Waals surface area contributed by atoms with Crippen LogP contribution >= 0.6 is 0 Å². The second-order valence-electron chi connectivity index (χ2n) is 3.91. The second-order valence-corrected chi connectivity index (χ2v) is 3.91. The van der Waals surface area contributed by atoms with E-state index in [1.807, 2.05) is 13.0 Å². The summed E-state index contributed by atoms with van der Waals surface area (Å²) in [5, 5.41) is 12.6. The lowest BCUT2D eigenvalue weighted by Gasteiger charge is -2.17. The van der Waals surface area contributed by atoms with Crippen molar-refractivity contribution in [3.05, 3.63) is 18.1 Å². The third kappa shape index (κ3) is 3.70. The van der Waals surface area contributed by atoms with Crippen LogP contribution in [0.4, 0.5) is 5.82 Å². The van der Waals surface area contributed by atoms with Gasteiger partial charge in [-0.25, -0.2) is 9.97 Å². The maximum absolute atomic E-state index is 9.50. The third-order valence-corrected chi connectivity index (χ3v) is 1.79. The van der Waals surface area contributed by atoms with Gasteiger partial charge in [-0.15, -0.1) is 0 Å². The van der Waals surface area contributed by atoms with Crippen LogP contribution in [-0.4, -0.2) is 27.2 Å². The monoisotopic (exact) mass is 195 g/mol. The van der Waals surface area contributed by atoms with Gasteiger partial charge >= 0.3 is 0 Å². The van der Waals surface area contributed by atoms with Gasteiger partial charge in [0.2, 0.25) is 0 Å². The first-order valence-electron chi connectivity index (χ1n) is 4.78. The molecule has 0 unspecified atom stereocenters. The van der Waals surface area contributed by atoms with E-state index in [1.54, 1.807) is 13.8 Å². The standard InChI is InChI=1S/C10H17N3O/c1-4-8-5-9(13-7-12-8)11-6-10(2,3)14/h5,7,14H,4,6H2,1-3H3,(H,11,12,13). The van der Waals surface area contributed by atoms with Crippen LogP contribution in [0.1, 0.15) is 26.5 Å². The minimum absolute atomic E-state index is 0.479. The van der Waals surface area contributed by atoms with Crippen molar-refractivity contribution in [3.63, 3.8) is 0 Å². The summed E-state index contributed by atoms with van der Waals surface area (Å²) in [6.07, 6.45) is 2.42. The quantitative estimate of drug-likeness (QED) is 0.758. The number of rotatable bonds is 4. The smallest absolute Gasteiger partial charge is 0.129 e. The number of anilines is 1. The number of nitrogens with one attached hydrogen (secondary N) is 1. The zero-order valence-electron chi connectivity index (χ0n) is 8.91. The van der Waals surface area contributed by atoms with Crippen LogP contribution in [0.3, 0.4) is 0 Å². The van der Waals surface area contributed by atoms with Crippen molar-refractivity contribution in [2.45, 2.75) is 32.8 Å². The highest BCUT2D eigenvalue weighted by atomic mass is 16.3. The van der Waals surface area contributed by atoms with E-state index in [1.165, 1.54) is 6.33 Å². The molecule has 0 amide bonds. The molecule has 78 valence electrons. The molecule has 0 atom stereocenters. The van der Waals surface area contributed by atoms with Crippen LogP contribution in [0.5, 0.6) is 0 Å². The molecule has 0 spiro atoms. The van der Waals surface area contributed by atoms with Crippen LogP contribution < -0.4 is 5.32 Å². The van der Waals surface area contributed by atoms with Crippen molar-refractivity contribution < 1.29 is 5.11 Å². The number of hydrogen-bond acceptors (Lipinski definition) is 4. The van der Waals surface area contributed by atoms with Crippen molar-refractivity contribution >= 4 is 5.82 Å². The normalized spacial score (nSPS) is 11.4. The summed E-state index contributed by atoms with van der Waals surface area (Å²) in [7, 11) is 0. The molecule has 0 saturated carbocycles. The van der Waals surface area contributed by atoms with E-state index in [0.29, 0.717) is 6.54 Å². The minimum Gasteiger partial charge on any atom is -0.389 e. The molecule has 0 aliphatic rings. The molecule has 0 saturated heterocycles. The number of nitrogens with zero attached hydrogens (tertiary/aromatic N) is 2. The van der Waals surface area contributed by atoms with Gasteiger partial charge < -0.3 is 10.4 Å². The lowest BCUT2D eigenvalue weighted by molar-refractivity contribution is 0.0944. The maximum atomic E-state index is 9.50. The number of aromatic nitrogens is 2. The largest absolute Gasteiger partial charge is 0.389 e. The summed E-state index contributed by atoms with van der Waals surface area (Å²) < 4.78 is 0. The Balaban J connectivity index is 2.59. The fourth-order valence-electron chi connectivity index (χ4n) is 0.994. The van der Waals surface area contributed by atoms with Crippen molar-refractivity contribution in [2.75, 3.05) is 11.9 Å². The average molecular weight is 195 g/mol. The van der Waals surface area contributed by atoms with Gasteiger partial charge in [0.15, 0.2) is 0 Å². The Morgan fingerprint density at radius 1 is 1.43 bits per heavy atom. The SMILES string of the molecule is CCc1cc(NCC(C)(C)O)ncn1. The summed E-state index contributed by atoms with van der Waals surface area (Å²) >= 11 is 0. The van der Waals surface area contributed by atoms with Crippen molar-refractivity contribution in [3.8, 4) is 0 Å². The zero-order chi connectivity index (χ0) is 10.6. The lowest BCUT2D eigenvalue weighted by atomic mass is 10.1. The van der Waals surface area contributed by atoms with Crippen LogP contribution in [-0.2, 0) is 6.42 Å². The van der Waals surface area contributed by atoms with E-state index in [9.17, 15) is 5.11 Å². The Bertz CT molecular complexity index is 294. The molecule has 1 heterocycles. The lowest BCUT2D eigenvalue weighted by Crippen LogP contribution is -2.29. The Morgan fingerprint density at radius 2 is 2.14 bits per heavy atom. The molecule has 1 rings (SSSR count). The van der Waals surface area contributed by atoms with Crippen molar-refractivity contribution in [2.24, 2.45) is 0 Å². The van der Waals surface area contributed by atoms with Gasteiger partial charge in [-0.2, -0.15) is 0 Å². The first-order valence-corrected chi connectivity index (χ1v) is 4.78. The van der Waals surface area contributed by atoms with Gasteiger partial charge in [0.1, 0.15) is 12.1 Å². The van der Waals surface area contributed by atoms with Gasteiger partial charge in [-0.05, 0) is 20.3 Å². The summed E-state index contributed by atoms with van der Waals surface area (Å²) in [5.41, 5.74) is 0.274. The Labute approximate surface area is 84.4 Å². The summed E-state index contributed by atoms with van der Waals surface area (Å²) in [6, 6.07) is 1.89. The summed E-state index contributed by atoms with van der Waals surface area (Å²) in [6.45, 7) is 6.03. The molecule has 1 aromatic rings. The highest BCUT2D eigenvalue weighted by Crippen LogP contribution is 2.07. The fraction of sp³-hybridized carbons (Fsp3) is 0.600. The van der Waals surface area contributed by atoms with Gasteiger partial charge in [0, 0.05) is 18.3 Å². The molecular formula is C10H17N3O. The molecule has 14 heavy (non-hydrogen) atoms. The van der Waals surface area contributed by atoms with Gasteiger partial charge in [-0.3, -0.25) is 0 Å². The molecule has 0 bridgehead atoms. The molecule has 0 fully saturated rings. The van der Waals surface area contributed by atoms with Crippen LogP contribution in [0.15, 0.2) is 12.4 Å². The molecule has 4 nitrogen and oxygen atoms in total. The van der Waals surface area contributed by atoms with Gasteiger partial charge in [0.05, 0.1) is 5.60 Å². The Morgan fingerprint density at radius 3 is 2.71 bits per heavy atom. The molecule has 0 aliphatic heterocycles. The van der Waals surface area contributed by atoms with E-state index < -0.39 is 5.60 Å². The predicted octanol–water partition coefficient (Wildman–Crippen LogP) is 1.22. The summed E-state index contributed by atoms with van der Waals surface area (Å²) in [4.78, 5) is 8.15. The van der Waals surface area contributed by atoms with Gasteiger partial charge in [0.25, 0.3) is 0 Å². The molecular weight excluding hydrogens is 178 g/mol. The third-order valence-electron chi connectivity index (χ3n) is 1.79. The topological polar surface area (TPSA) is 58.0 Å². The Hall–Kier alpha value is -1.16. The van der Waals surface area contributed by atoms with Crippen LogP contribution in [0.25, 0.3) is 0 Å². The Kier molecular flexibility index (Phi) is 3.41. The van der Waals surface area contributed by atoms with E-state index in [0.717, 1.165) is 17.9 Å². The fourth-order valence-corrected chi connectivity index (χ4v) is 0.994. The number of hydrogen-bond donors (Lipinski definition) is 2. The summed E-state index contributed by atoms with van der Waals surface area (Å²) in [5.74, 6) is 0.763. The predicted molar refractivity (Wildman–Crippen MR) is 56.2 cm³/mol. The average Bonchev–Trinajstić information content (AvgIpc) is 2.14. The first-order chi connectivity index (χ1) is 6.51. The highest BCUT2D eigenvalue weighted by molar-refractivity contribution is 5.35. The van der Waals surface area contributed by atoms with Gasteiger partial charge in [-0.1, -0.05) is 6.92 Å². The van der Waals surface area contributed by atoms with E-state index in [4.69, 9.17) is 0 Å². The van der Waals surface area contributed by atoms with E-state index >= 15 is 0 Å². The van der Waals surface area contributed by atoms with Crippen molar-refractivity contribution in [1.82, 2.24) is 9.97 Å². The number of aryl methyl sites for hydroxylation is 1. The minimum atomic E-state index is -0.725. The zero-order valence-corrected chi connectivity index (χ0v) is 8.91. The molecule has 2 N–H and O–H groups in total. The van der Waals surface area contributed by atoms with Crippen LogP contribution in [0.2, 0.25) is 0 Å². The van der Waals surface area contributed by atoms with Crippen LogP contribution in [0, 0.1) is 0 Å². The number of aliphatic hydroxyl groups is 1. The van der Waals surface area contributed by atoms with E-state index in [2.05, 4.69) is 15.3 Å². The maximum Gasteiger partial charge on any atom is 0.129 e. The molecule has 0 aromatic carbocycles. The molecule has 0 radical (unpaired) electrons. The molecule has 0 aliphatic carbocycles. The first kappa shape index (κ1) is 10.9.